The molecule has 2 heterocycles. The molecule has 0 spiro atoms. The van der Waals surface area contributed by atoms with Crippen molar-refractivity contribution in [1.29, 1.82) is 0 Å². The molecule has 0 saturated carbocycles. The SMILES string of the molecule is COc1ccc(-c2nn(COCC[Si](C)(C)C)c3c2Cc2sc(-c4ccc(OC)c(F)c4)cc2-3)cc1. The fraction of sp³-hybridized carbons (Fsp3) is 0.321. The summed E-state index contributed by atoms with van der Waals surface area (Å²) in [5, 5.41) is 5.00. The van der Waals surface area contributed by atoms with Gasteiger partial charge in [0, 0.05) is 47.5 Å². The van der Waals surface area contributed by atoms with Crippen LogP contribution >= 0.6 is 11.3 Å². The van der Waals surface area contributed by atoms with Crippen molar-refractivity contribution in [2.45, 2.75) is 38.8 Å². The van der Waals surface area contributed by atoms with E-state index in [2.05, 4.69) is 37.8 Å². The molecule has 4 aromatic rings. The maximum absolute atomic E-state index is 14.4. The number of fused-ring (bicyclic) bond motifs is 3. The number of thiophene rings is 1. The third-order valence-electron chi connectivity index (χ3n) is 6.46. The Bertz CT molecular complexity index is 1390. The van der Waals surface area contributed by atoms with Gasteiger partial charge in [-0.15, -0.1) is 11.3 Å². The van der Waals surface area contributed by atoms with Gasteiger partial charge >= 0.3 is 0 Å². The fourth-order valence-corrected chi connectivity index (χ4v) is 6.38. The van der Waals surface area contributed by atoms with Crippen LogP contribution in [0.3, 0.4) is 0 Å². The van der Waals surface area contributed by atoms with E-state index in [4.69, 9.17) is 19.3 Å². The zero-order valence-electron chi connectivity index (χ0n) is 21.4. The van der Waals surface area contributed by atoms with Gasteiger partial charge in [-0.1, -0.05) is 19.6 Å². The summed E-state index contributed by atoms with van der Waals surface area (Å²) in [4.78, 5) is 2.30. The predicted octanol–water partition coefficient (Wildman–Crippen LogP) is 7.32. The minimum atomic E-state index is -1.18. The molecule has 0 bridgehead atoms. The van der Waals surface area contributed by atoms with E-state index in [1.54, 1.807) is 30.6 Å². The van der Waals surface area contributed by atoms with Crippen molar-refractivity contribution < 1.29 is 18.6 Å². The molecule has 1 aliphatic carbocycles. The lowest BCUT2D eigenvalue weighted by Gasteiger charge is -2.15. The first-order valence-electron chi connectivity index (χ1n) is 12.1. The second-order valence-corrected chi connectivity index (χ2v) is 17.0. The number of aromatic nitrogens is 2. The van der Waals surface area contributed by atoms with Gasteiger partial charge in [0.1, 0.15) is 12.5 Å². The smallest absolute Gasteiger partial charge is 0.165 e. The normalized spacial score (nSPS) is 12.5. The Morgan fingerprint density at radius 2 is 1.75 bits per heavy atom. The van der Waals surface area contributed by atoms with E-state index in [1.165, 1.54) is 17.6 Å². The Kier molecular flexibility index (Phi) is 6.76. The van der Waals surface area contributed by atoms with Crippen LogP contribution in [0.15, 0.2) is 48.5 Å². The van der Waals surface area contributed by atoms with Crippen molar-refractivity contribution in [3.8, 4) is 44.5 Å². The lowest BCUT2D eigenvalue weighted by Crippen LogP contribution is -2.22. The van der Waals surface area contributed by atoms with Crippen LogP contribution in [-0.4, -0.2) is 38.7 Å². The number of hydrogen-bond acceptors (Lipinski definition) is 5. The van der Waals surface area contributed by atoms with Crippen molar-refractivity contribution in [1.82, 2.24) is 9.78 Å². The minimum absolute atomic E-state index is 0.253. The minimum Gasteiger partial charge on any atom is -0.497 e. The van der Waals surface area contributed by atoms with Gasteiger partial charge in [0.25, 0.3) is 0 Å². The van der Waals surface area contributed by atoms with Crippen LogP contribution in [0, 0.1) is 5.82 Å². The number of nitrogens with zero attached hydrogens (tertiary/aromatic N) is 2. The molecular weight excluding hydrogens is 491 g/mol. The summed E-state index contributed by atoms with van der Waals surface area (Å²) in [5.41, 5.74) is 6.34. The molecule has 1 aliphatic rings. The summed E-state index contributed by atoms with van der Waals surface area (Å²) in [6.07, 6.45) is 0.796. The molecule has 0 aliphatic heterocycles. The van der Waals surface area contributed by atoms with Gasteiger partial charge < -0.3 is 14.2 Å². The lowest BCUT2D eigenvalue weighted by atomic mass is 10.1. The highest BCUT2D eigenvalue weighted by molar-refractivity contribution is 7.16. The molecule has 36 heavy (non-hydrogen) atoms. The van der Waals surface area contributed by atoms with Crippen LogP contribution in [-0.2, 0) is 17.9 Å². The highest BCUT2D eigenvalue weighted by Crippen LogP contribution is 2.48. The van der Waals surface area contributed by atoms with Gasteiger partial charge in [-0.2, -0.15) is 5.10 Å². The fourth-order valence-electron chi connectivity index (χ4n) is 4.45. The second-order valence-electron chi connectivity index (χ2n) is 10.2. The van der Waals surface area contributed by atoms with E-state index in [9.17, 15) is 4.39 Å². The third-order valence-corrected chi connectivity index (χ3v) is 9.35. The summed E-state index contributed by atoms with van der Waals surface area (Å²) in [5.74, 6) is 0.717. The summed E-state index contributed by atoms with van der Waals surface area (Å²) < 4.78 is 32.9. The Morgan fingerprint density at radius 3 is 2.42 bits per heavy atom. The van der Waals surface area contributed by atoms with E-state index in [0.29, 0.717) is 6.73 Å². The monoisotopic (exact) mass is 522 g/mol. The maximum atomic E-state index is 14.4. The second kappa shape index (κ2) is 9.84. The highest BCUT2D eigenvalue weighted by atomic mass is 32.1. The van der Waals surface area contributed by atoms with Crippen LogP contribution in [0.2, 0.25) is 25.7 Å². The van der Waals surface area contributed by atoms with Crippen molar-refractivity contribution in [3.63, 3.8) is 0 Å². The Morgan fingerprint density at radius 1 is 1.00 bits per heavy atom. The van der Waals surface area contributed by atoms with Crippen molar-refractivity contribution >= 4 is 19.4 Å². The summed E-state index contributed by atoms with van der Waals surface area (Å²) in [6.45, 7) is 8.20. The van der Waals surface area contributed by atoms with Crippen molar-refractivity contribution in [2.75, 3.05) is 20.8 Å². The molecular formula is C28H31FN2O3SSi. The first kappa shape index (κ1) is 24.7. The Balaban J connectivity index is 1.50. The molecule has 0 fully saturated rings. The lowest BCUT2D eigenvalue weighted by molar-refractivity contribution is 0.0799. The van der Waals surface area contributed by atoms with Crippen molar-refractivity contribution in [3.05, 3.63) is 64.8 Å². The molecule has 5 rings (SSSR count). The number of methoxy groups -OCH3 is 2. The molecule has 5 nitrogen and oxygen atoms in total. The van der Waals surface area contributed by atoms with Gasteiger partial charge in [-0.25, -0.2) is 9.07 Å². The van der Waals surface area contributed by atoms with E-state index >= 15 is 0 Å². The van der Waals surface area contributed by atoms with E-state index < -0.39 is 8.07 Å². The predicted molar refractivity (Wildman–Crippen MR) is 146 cm³/mol. The zero-order chi connectivity index (χ0) is 25.4. The molecule has 0 unspecified atom stereocenters. The van der Waals surface area contributed by atoms with Gasteiger partial charge in [-0.05, 0) is 60.1 Å². The molecule has 8 heteroatoms. The molecule has 188 valence electrons. The van der Waals surface area contributed by atoms with E-state index in [0.717, 1.165) is 57.8 Å². The third kappa shape index (κ3) is 4.85. The quantitative estimate of drug-likeness (QED) is 0.150. The Labute approximate surface area is 216 Å². The first-order chi connectivity index (χ1) is 17.3. The van der Waals surface area contributed by atoms with E-state index in [1.807, 2.05) is 22.9 Å². The standard InChI is InChI=1S/C28H31FN2O3SSi/c1-32-20-9-6-18(7-10-20)27-22-16-26-21(28(22)31(30-27)17-34-12-13-36(3,4)5)15-25(35-26)19-8-11-24(33-2)23(29)14-19/h6-11,14-15H,12-13,16-17H2,1-5H3. The molecule has 0 atom stereocenters. The number of hydrogen-bond donors (Lipinski definition) is 0. The van der Waals surface area contributed by atoms with Crippen LogP contribution < -0.4 is 9.47 Å². The van der Waals surface area contributed by atoms with Gasteiger partial charge in [-0.3, -0.25) is 0 Å². The molecule has 0 N–H and O–H groups in total. The number of rotatable bonds is 9. The molecule has 0 amide bonds. The zero-order valence-corrected chi connectivity index (χ0v) is 23.2. The van der Waals surface area contributed by atoms with Crippen LogP contribution in [0.1, 0.15) is 10.4 Å². The van der Waals surface area contributed by atoms with Crippen LogP contribution in [0.4, 0.5) is 4.39 Å². The average Bonchev–Trinajstić information content (AvgIpc) is 3.51. The number of benzene rings is 2. The number of ether oxygens (including phenoxy) is 3. The summed E-state index contributed by atoms with van der Waals surface area (Å²) in [6, 6.07) is 16.4. The number of halogens is 1. The largest absolute Gasteiger partial charge is 0.497 e. The van der Waals surface area contributed by atoms with Gasteiger partial charge in [0.05, 0.1) is 25.6 Å². The maximum Gasteiger partial charge on any atom is 0.165 e. The molecule has 2 aromatic carbocycles. The highest BCUT2D eigenvalue weighted by Gasteiger charge is 2.31. The summed E-state index contributed by atoms with van der Waals surface area (Å²) >= 11 is 1.70. The van der Waals surface area contributed by atoms with Crippen molar-refractivity contribution in [2.24, 2.45) is 0 Å². The van der Waals surface area contributed by atoms with Crippen LogP contribution in [0.25, 0.3) is 33.0 Å². The average molecular weight is 523 g/mol. The van der Waals surface area contributed by atoms with Gasteiger partial charge in [0.15, 0.2) is 11.6 Å². The van der Waals surface area contributed by atoms with E-state index in [-0.39, 0.29) is 11.6 Å². The van der Waals surface area contributed by atoms with Crippen LogP contribution in [0.5, 0.6) is 11.5 Å². The topological polar surface area (TPSA) is 45.5 Å². The van der Waals surface area contributed by atoms with Gasteiger partial charge in [0.2, 0.25) is 0 Å². The molecule has 0 radical (unpaired) electrons. The molecule has 0 saturated heterocycles. The first-order valence-corrected chi connectivity index (χ1v) is 16.6. The molecule has 2 aromatic heterocycles. The summed E-state index contributed by atoms with van der Waals surface area (Å²) in [7, 11) is 1.97. The Hall–Kier alpha value is -2.94.